The fourth-order valence-corrected chi connectivity index (χ4v) is 2.62. The minimum Gasteiger partial charge on any atom is -0.408 e. The SMILES string of the molecule is O=C(CCn1c(=O)oc2cc(Cl)ccc21)Nc1ccccc1OC(F)(F)F. The van der Waals surface area contributed by atoms with Crippen LogP contribution in [0.3, 0.4) is 0 Å². The third-order valence-electron chi connectivity index (χ3n) is 3.58. The molecule has 3 rings (SSSR count). The van der Waals surface area contributed by atoms with Crippen LogP contribution < -0.4 is 15.8 Å². The Morgan fingerprint density at radius 1 is 1.22 bits per heavy atom. The highest BCUT2D eigenvalue weighted by molar-refractivity contribution is 6.31. The Morgan fingerprint density at radius 2 is 1.96 bits per heavy atom. The van der Waals surface area contributed by atoms with E-state index in [1.54, 1.807) is 12.1 Å². The first-order valence-corrected chi connectivity index (χ1v) is 8.04. The molecule has 0 aliphatic carbocycles. The van der Waals surface area contributed by atoms with Crippen LogP contribution >= 0.6 is 11.6 Å². The van der Waals surface area contributed by atoms with Gasteiger partial charge in [0.1, 0.15) is 0 Å². The number of anilines is 1. The van der Waals surface area contributed by atoms with Gasteiger partial charge in [-0.1, -0.05) is 23.7 Å². The lowest BCUT2D eigenvalue weighted by Gasteiger charge is -2.13. The van der Waals surface area contributed by atoms with Crippen LogP contribution in [0.4, 0.5) is 18.9 Å². The zero-order valence-corrected chi connectivity index (χ0v) is 14.3. The molecule has 0 fully saturated rings. The Balaban J connectivity index is 1.71. The average molecular weight is 401 g/mol. The third kappa shape index (κ3) is 4.62. The number of alkyl halides is 3. The molecule has 0 radical (unpaired) electrons. The fourth-order valence-electron chi connectivity index (χ4n) is 2.46. The van der Waals surface area contributed by atoms with Crippen molar-refractivity contribution in [2.24, 2.45) is 0 Å². The van der Waals surface area contributed by atoms with Gasteiger partial charge in [-0.2, -0.15) is 0 Å². The van der Waals surface area contributed by atoms with Crippen LogP contribution in [0.2, 0.25) is 5.02 Å². The predicted octanol–water partition coefficient (Wildman–Crippen LogP) is 4.18. The van der Waals surface area contributed by atoms with Gasteiger partial charge in [-0.15, -0.1) is 13.2 Å². The van der Waals surface area contributed by atoms with Gasteiger partial charge in [-0.05, 0) is 24.3 Å². The molecule has 6 nitrogen and oxygen atoms in total. The first-order valence-electron chi connectivity index (χ1n) is 7.66. The number of fused-ring (bicyclic) bond motifs is 1. The third-order valence-corrected chi connectivity index (χ3v) is 3.81. The lowest BCUT2D eigenvalue weighted by molar-refractivity contribution is -0.274. The molecule has 1 aromatic heterocycles. The van der Waals surface area contributed by atoms with E-state index in [1.165, 1.54) is 28.8 Å². The van der Waals surface area contributed by atoms with E-state index >= 15 is 0 Å². The van der Waals surface area contributed by atoms with Crippen LogP contribution in [0.1, 0.15) is 6.42 Å². The number of aryl methyl sites for hydroxylation is 1. The average Bonchev–Trinajstić information content (AvgIpc) is 2.87. The normalized spacial score (nSPS) is 11.6. The van der Waals surface area contributed by atoms with Crippen molar-refractivity contribution in [3.05, 3.63) is 58.0 Å². The zero-order valence-electron chi connectivity index (χ0n) is 13.5. The lowest BCUT2D eigenvalue weighted by atomic mass is 10.2. The predicted molar refractivity (Wildman–Crippen MR) is 91.9 cm³/mol. The maximum Gasteiger partial charge on any atom is 0.573 e. The standard InChI is InChI=1S/C17H12ClF3N2O4/c18-10-5-6-12-14(9-10)26-16(25)23(12)8-7-15(24)22-11-3-1-2-4-13(11)27-17(19,20)21/h1-6,9H,7-8H2,(H,22,24). The number of para-hydroxylation sites is 2. The first-order chi connectivity index (χ1) is 12.7. The number of hydrogen-bond acceptors (Lipinski definition) is 4. The number of amides is 1. The van der Waals surface area contributed by atoms with E-state index in [1.807, 2.05) is 0 Å². The van der Waals surface area contributed by atoms with Gasteiger partial charge in [0.2, 0.25) is 5.91 Å². The molecule has 0 spiro atoms. The highest BCUT2D eigenvalue weighted by Crippen LogP contribution is 2.30. The number of benzene rings is 2. The largest absolute Gasteiger partial charge is 0.573 e. The minimum atomic E-state index is -4.88. The molecule has 0 bridgehead atoms. The van der Waals surface area contributed by atoms with Gasteiger partial charge in [0, 0.05) is 24.1 Å². The minimum absolute atomic E-state index is 0.0262. The summed E-state index contributed by atoms with van der Waals surface area (Å²) >= 11 is 5.83. The molecule has 1 heterocycles. The Hall–Kier alpha value is -2.94. The Kier molecular flexibility index (Phi) is 5.13. The van der Waals surface area contributed by atoms with Gasteiger partial charge in [0.25, 0.3) is 0 Å². The molecular weight excluding hydrogens is 389 g/mol. The number of aromatic nitrogens is 1. The highest BCUT2D eigenvalue weighted by atomic mass is 35.5. The molecule has 0 saturated heterocycles. The second kappa shape index (κ2) is 7.36. The summed E-state index contributed by atoms with van der Waals surface area (Å²) in [4.78, 5) is 24.0. The fraction of sp³-hybridized carbons (Fsp3) is 0.176. The number of hydrogen-bond donors (Lipinski definition) is 1. The monoisotopic (exact) mass is 400 g/mol. The van der Waals surface area contributed by atoms with Crippen LogP contribution in [0.15, 0.2) is 51.7 Å². The van der Waals surface area contributed by atoms with E-state index in [0.29, 0.717) is 10.5 Å². The van der Waals surface area contributed by atoms with E-state index in [-0.39, 0.29) is 24.2 Å². The van der Waals surface area contributed by atoms with Crippen LogP contribution in [-0.2, 0) is 11.3 Å². The molecule has 0 saturated carbocycles. The molecule has 0 atom stereocenters. The van der Waals surface area contributed by atoms with Gasteiger partial charge in [0.05, 0.1) is 11.2 Å². The maximum atomic E-state index is 12.4. The molecule has 0 aliphatic rings. The summed E-state index contributed by atoms with van der Waals surface area (Å²) in [5, 5.41) is 2.73. The number of nitrogens with zero attached hydrogens (tertiary/aromatic N) is 1. The summed E-state index contributed by atoms with van der Waals surface area (Å²) in [6, 6.07) is 9.78. The number of carbonyl (C=O) groups is 1. The molecule has 27 heavy (non-hydrogen) atoms. The smallest absolute Gasteiger partial charge is 0.408 e. The van der Waals surface area contributed by atoms with Crippen LogP contribution in [0.5, 0.6) is 5.75 Å². The van der Waals surface area contributed by atoms with Gasteiger partial charge in [-0.25, -0.2) is 4.79 Å². The summed E-state index contributed by atoms with van der Waals surface area (Å²) in [7, 11) is 0. The van der Waals surface area contributed by atoms with Crippen molar-refractivity contribution in [3.63, 3.8) is 0 Å². The van der Waals surface area contributed by atoms with Crippen molar-refractivity contribution in [2.75, 3.05) is 5.32 Å². The van der Waals surface area contributed by atoms with Gasteiger partial charge in [-0.3, -0.25) is 9.36 Å². The molecule has 1 amide bonds. The van der Waals surface area contributed by atoms with Crippen molar-refractivity contribution in [3.8, 4) is 5.75 Å². The highest BCUT2D eigenvalue weighted by Gasteiger charge is 2.32. The number of ether oxygens (including phenoxy) is 1. The van der Waals surface area contributed by atoms with Crippen LogP contribution in [0, 0.1) is 0 Å². The Morgan fingerprint density at radius 3 is 2.70 bits per heavy atom. The molecule has 10 heteroatoms. The van der Waals surface area contributed by atoms with Crippen molar-refractivity contribution in [1.29, 1.82) is 0 Å². The first kappa shape index (κ1) is 18.8. The Bertz CT molecular complexity index is 1040. The number of nitrogens with one attached hydrogen (secondary N) is 1. The van der Waals surface area contributed by atoms with Crippen molar-refractivity contribution in [1.82, 2.24) is 4.57 Å². The molecule has 1 N–H and O–H groups in total. The summed E-state index contributed by atoms with van der Waals surface area (Å²) in [6.45, 7) is -0.0262. The lowest BCUT2D eigenvalue weighted by Crippen LogP contribution is -2.21. The molecular formula is C17H12ClF3N2O4. The van der Waals surface area contributed by atoms with E-state index < -0.39 is 23.8 Å². The van der Waals surface area contributed by atoms with E-state index in [2.05, 4.69) is 10.1 Å². The summed E-state index contributed by atoms with van der Waals surface area (Å²) in [5.74, 6) is -1.79. The number of carbonyl (C=O) groups excluding carboxylic acids is 1. The van der Waals surface area contributed by atoms with Crippen molar-refractivity contribution in [2.45, 2.75) is 19.3 Å². The quantitative estimate of drug-likeness (QED) is 0.697. The molecule has 0 aliphatic heterocycles. The number of oxazole rings is 1. The molecule has 3 aromatic rings. The van der Waals surface area contributed by atoms with Gasteiger partial charge < -0.3 is 14.5 Å². The number of rotatable bonds is 5. The second-order valence-corrected chi connectivity index (χ2v) is 5.91. The summed E-state index contributed by atoms with van der Waals surface area (Å²) < 4.78 is 47.4. The Labute approximate surface area is 155 Å². The number of halogens is 4. The van der Waals surface area contributed by atoms with Crippen molar-refractivity contribution < 1.29 is 27.1 Å². The van der Waals surface area contributed by atoms with Gasteiger partial charge >= 0.3 is 12.1 Å². The van der Waals surface area contributed by atoms with E-state index in [0.717, 1.165) is 6.07 Å². The summed E-state index contributed by atoms with van der Waals surface area (Å²) in [6.07, 6.45) is -5.05. The van der Waals surface area contributed by atoms with E-state index in [9.17, 15) is 22.8 Å². The zero-order chi connectivity index (χ0) is 19.6. The second-order valence-electron chi connectivity index (χ2n) is 5.47. The van der Waals surface area contributed by atoms with Crippen molar-refractivity contribution >= 4 is 34.3 Å². The summed E-state index contributed by atoms with van der Waals surface area (Å²) in [5.41, 5.74) is 0.603. The van der Waals surface area contributed by atoms with Crippen LogP contribution in [-0.4, -0.2) is 16.8 Å². The molecule has 142 valence electrons. The topological polar surface area (TPSA) is 73.5 Å². The molecule has 0 unspecified atom stereocenters. The maximum absolute atomic E-state index is 12.4. The molecule has 2 aromatic carbocycles. The van der Waals surface area contributed by atoms with Gasteiger partial charge in [0.15, 0.2) is 11.3 Å². The van der Waals surface area contributed by atoms with E-state index in [4.69, 9.17) is 16.0 Å². The van der Waals surface area contributed by atoms with Crippen LogP contribution in [0.25, 0.3) is 11.1 Å².